The molecule has 2 amide bonds. The molecule has 0 N–H and O–H groups in total. The Morgan fingerprint density at radius 1 is 1.06 bits per heavy atom. The molecule has 0 radical (unpaired) electrons. The van der Waals surface area contributed by atoms with E-state index in [1.165, 1.54) is 12.1 Å². The first-order valence-corrected chi connectivity index (χ1v) is 11.9. The van der Waals surface area contributed by atoms with Crippen LogP contribution in [0.15, 0.2) is 24.3 Å². The lowest BCUT2D eigenvalue weighted by Crippen LogP contribution is -2.44. The Kier molecular flexibility index (Phi) is 8.88. The predicted molar refractivity (Wildman–Crippen MR) is 121 cm³/mol. The molecule has 2 saturated heterocycles. The third-order valence-corrected chi connectivity index (χ3v) is 7.04. The van der Waals surface area contributed by atoms with Crippen molar-refractivity contribution in [3.63, 3.8) is 0 Å². The lowest BCUT2D eigenvalue weighted by molar-refractivity contribution is -0.133. The van der Waals surface area contributed by atoms with Crippen molar-refractivity contribution in [2.24, 2.45) is 5.92 Å². The van der Waals surface area contributed by atoms with Crippen LogP contribution in [0.1, 0.15) is 56.9 Å². The fourth-order valence-electron chi connectivity index (χ4n) is 4.87. The van der Waals surface area contributed by atoms with E-state index in [0.717, 1.165) is 76.7 Å². The molecule has 3 rings (SSSR count). The third kappa shape index (κ3) is 7.30. The highest BCUT2D eigenvalue weighted by molar-refractivity contribution is 5.77. The molecule has 2 fully saturated rings. The first-order valence-electron chi connectivity index (χ1n) is 11.9. The molecule has 5 nitrogen and oxygen atoms in total. The molecule has 172 valence electrons. The van der Waals surface area contributed by atoms with Gasteiger partial charge in [-0.2, -0.15) is 0 Å². The largest absolute Gasteiger partial charge is 0.343 e. The van der Waals surface area contributed by atoms with Gasteiger partial charge in [0.25, 0.3) is 0 Å². The van der Waals surface area contributed by atoms with Gasteiger partial charge in [0.05, 0.1) is 0 Å². The zero-order valence-corrected chi connectivity index (χ0v) is 19.2. The molecule has 0 saturated carbocycles. The minimum Gasteiger partial charge on any atom is -0.343 e. The van der Waals surface area contributed by atoms with Gasteiger partial charge in [-0.1, -0.05) is 12.1 Å². The lowest BCUT2D eigenvalue weighted by Gasteiger charge is -2.36. The number of carbonyl (C=O) groups excluding carboxylic acids is 2. The molecule has 6 heteroatoms. The molecular formula is C25H38FN3O2. The van der Waals surface area contributed by atoms with Crippen molar-refractivity contribution < 1.29 is 14.0 Å². The normalized spacial score (nSPS) is 20.6. The number of aryl methyl sites for hydroxylation is 1. The average molecular weight is 432 g/mol. The predicted octanol–water partition coefficient (Wildman–Crippen LogP) is 3.72. The van der Waals surface area contributed by atoms with E-state index in [4.69, 9.17) is 0 Å². The highest BCUT2D eigenvalue weighted by Gasteiger charge is 2.27. The number of carbonyl (C=O) groups is 2. The fourth-order valence-corrected chi connectivity index (χ4v) is 4.87. The van der Waals surface area contributed by atoms with Gasteiger partial charge >= 0.3 is 0 Å². The van der Waals surface area contributed by atoms with Crippen LogP contribution < -0.4 is 0 Å². The van der Waals surface area contributed by atoms with E-state index in [0.29, 0.717) is 24.8 Å². The standard InChI is InChI=1S/C25H38FN3O2/c1-27-17-14-23(15-18-27)28(2)24(30)13-10-21-6-4-16-29(19-21)25(31)7-3-5-20-8-11-22(26)12-9-20/h8-9,11-12,21,23H,3-7,10,13-19H2,1-2H3. The summed E-state index contributed by atoms with van der Waals surface area (Å²) in [6.45, 7) is 3.72. The summed E-state index contributed by atoms with van der Waals surface area (Å²) in [5.41, 5.74) is 1.07. The summed E-state index contributed by atoms with van der Waals surface area (Å²) in [6, 6.07) is 6.89. The van der Waals surface area contributed by atoms with E-state index in [1.807, 2.05) is 16.8 Å². The van der Waals surface area contributed by atoms with Crippen molar-refractivity contribution in [3.8, 4) is 0 Å². The van der Waals surface area contributed by atoms with Crippen molar-refractivity contribution >= 4 is 11.8 Å². The number of hydrogen-bond acceptors (Lipinski definition) is 3. The van der Waals surface area contributed by atoms with Gasteiger partial charge in [0.15, 0.2) is 0 Å². The number of hydrogen-bond donors (Lipinski definition) is 0. The maximum Gasteiger partial charge on any atom is 0.222 e. The Morgan fingerprint density at radius 2 is 1.77 bits per heavy atom. The zero-order valence-electron chi connectivity index (χ0n) is 19.2. The van der Waals surface area contributed by atoms with Gasteiger partial charge < -0.3 is 14.7 Å². The Labute approximate surface area is 186 Å². The average Bonchev–Trinajstić information content (AvgIpc) is 2.79. The molecule has 31 heavy (non-hydrogen) atoms. The molecule has 2 aliphatic rings. The zero-order chi connectivity index (χ0) is 22.2. The van der Waals surface area contributed by atoms with Gasteiger partial charge in [-0.25, -0.2) is 4.39 Å². The van der Waals surface area contributed by atoms with E-state index in [9.17, 15) is 14.0 Å². The second-order valence-corrected chi connectivity index (χ2v) is 9.41. The topological polar surface area (TPSA) is 43.9 Å². The number of nitrogens with zero attached hydrogens (tertiary/aromatic N) is 3. The van der Waals surface area contributed by atoms with Gasteiger partial charge in [0.1, 0.15) is 5.82 Å². The second-order valence-electron chi connectivity index (χ2n) is 9.41. The summed E-state index contributed by atoms with van der Waals surface area (Å²) in [4.78, 5) is 31.6. The minimum absolute atomic E-state index is 0.210. The highest BCUT2D eigenvalue weighted by atomic mass is 19.1. The van der Waals surface area contributed by atoms with Gasteiger partial charge in [-0.3, -0.25) is 9.59 Å². The Bertz CT molecular complexity index is 716. The van der Waals surface area contributed by atoms with Crippen LogP contribution in [0.4, 0.5) is 4.39 Å². The van der Waals surface area contributed by atoms with Gasteiger partial charge in [-0.05, 0) is 88.7 Å². The number of halogens is 1. The van der Waals surface area contributed by atoms with Crippen LogP contribution in [-0.4, -0.2) is 72.8 Å². The molecule has 2 aliphatic heterocycles. The van der Waals surface area contributed by atoms with Crippen LogP contribution in [0.25, 0.3) is 0 Å². The molecule has 1 unspecified atom stereocenters. The van der Waals surface area contributed by atoms with Crippen LogP contribution in [0.2, 0.25) is 0 Å². The molecule has 1 aromatic rings. The van der Waals surface area contributed by atoms with Crippen LogP contribution in [0, 0.1) is 11.7 Å². The van der Waals surface area contributed by atoms with E-state index in [-0.39, 0.29) is 17.6 Å². The highest BCUT2D eigenvalue weighted by Crippen LogP contribution is 2.23. The maximum atomic E-state index is 13.0. The van der Waals surface area contributed by atoms with E-state index in [1.54, 1.807) is 12.1 Å². The molecule has 0 spiro atoms. The summed E-state index contributed by atoms with van der Waals surface area (Å²) in [7, 11) is 4.09. The Morgan fingerprint density at radius 3 is 2.48 bits per heavy atom. The first-order chi connectivity index (χ1) is 14.9. The molecular weight excluding hydrogens is 393 g/mol. The van der Waals surface area contributed by atoms with Crippen LogP contribution in [0.3, 0.4) is 0 Å². The summed E-state index contributed by atoms with van der Waals surface area (Å²) in [5, 5.41) is 0. The number of rotatable bonds is 8. The van der Waals surface area contributed by atoms with E-state index < -0.39 is 0 Å². The smallest absolute Gasteiger partial charge is 0.222 e. The Balaban J connectivity index is 1.36. The summed E-state index contributed by atoms with van der Waals surface area (Å²) in [6.07, 6.45) is 7.80. The SMILES string of the molecule is CN1CCC(N(C)C(=O)CCC2CCCN(C(=O)CCCc3ccc(F)cc3)C2)CC1. The van der Waals surface area contributed by atoms with Gasteiger partial charge in [0, 0.05) is 39.0 Å². The molecule has 1 aromatic carbocycles. The fraction of sp³-hybridized carbons (Fsp3) is 0.680. The monoisotopic (exact) mass is 431 g/mol. The van der Waals surface area contributed by atoms with Crippen molar-refractivity contribution in [1.29, 1.82) is 0 Å². The molecule has 0 bridgehead atoms. The Hall–Kier alpha value is -1.95. The third-order valence-electron chi connectivity index (χ3n) is 7.04. The summed E-state index contributed by atoms with van der Waals surface area (Å²) >= 11 is 0. The first kappa shape index (κ1) is 23.7. The van der Waals surface area contributed by atoms with Crippen molar-refractivity contribution in [1.82, 2.24) is 14.7 Å². The molecule has 1 atom stereocenters. The molecule has 0 aromatic heterocycles. The maximum absolute atomic E-state index is 13.0. The number of amides is 2. The summed E-state index contributed by atoms with van der Waals surface area (Å²) in [5.74, 6) is 0.652. The van der Waals surface area contributed by atoms with Crippen molar-refractivity contribution in [2.45, 2.75) is 63.8 Å². The van der Waals surface area contributed by atoms with Crippen LogP contribution in [0.5, 0.6) is 0 Å². The summed E-state index contributed by atoms with van der Waals surface area (Å²) < 4.78 is 13.0. The number of likely N-dealkylation sites (tertiary alicyclic amines) is 2. The lowest BCUT2D eigenvalue weighted by atomic mass is 9.92. The van der Waals surface area contributed by atoms with Gasteiger partial charge in [0.2, 0.25) is 11.8 Å². The van der Waals surface area contributed by atoms with Gasteiger partial charge in [-0.15, -0.1) is 0 Å². The molecule has 0 aliphatic carbocycles. The van der Waals surface area contributed by atoms with E-state index >= 15 is 0 Å². The van der Waals surface area contributed by atoms with E-state index in [2.05, 4.69) is 11.9 Å². The second kappa shape index (κ2) is 11.6. The van der Waals surface area contributed by atoms with Crippen LogP contribution >= 0.6 is 0 Å². The van der Waals surface area contributed by atoms with Crippen molar-refractivity contribution in [2.75, 3.05) is 40.3 Å². The van der Waals surface area contributed by atoms with Crippen molar-refractivity contribution in [3.05, 3.63) is 35.6 Å². The minimum atomic E-state index is -0.227. The van der Waals surface area contributed by atoms with Crippen LogP contribution in [-0.2, 0) is 16.0 Å². The quantitative estimate of drug-likeness (QED) is 0.630. The number of piperidine rings is 2. The number of benzene rings is 1. The molecule has 2 heterocycles.